The lowest BCUT2D eigenvalue weighted by molar-refractivity contribution is 0.333. The van der Waals surface area contributed by atoms with E-state index in [0.29, 0.717) is 0 Å². The largest absolute Gasteiger partial charge is 0.308 e. The minimum atomic E-state index is -0.312. The number of hydrogen-bond acceptors (Lipinski definition) is 2. The van der Waals surface area contributed by atoms with E-state index in [4.69, 9.17) is 0 Å². The zero-order chi connectivity index (χ0) is 42.6. The van der Waals surface area contributed by atoms with E-state index in [1.807, 2.05) is 0 Å². The maximum absolute atomic E-state index is 11.4. The van der Waals surface area contributed by atoms with Crippen molar-refractivity contribution in [1.82, 2.24) is 4.40 Å². The van der Waals surface area contributed by atoms with E-state index in [0.717, 1.165) is 27.7 Å². The van der Waals surface area contributed by atoms with Crippen LogP contribution in [-0.4, -0.2) is 4.40 Å². The topological polar surface area (TPSA) is 52.0 Å². The van der Waals surface area contributed by atoms with Crippen LogP contribution in [-0.2, 0) is 10.8 Å². The van der Waals surface area contributed by atoms with E-state index < -0.39 is 0 Å². The molecule has 298 valence electrons. The minimum Gasteiger partial charge on any atom is -0.308 e. The van der Waals surface area contributed by atoms with E-state index in [1.54, 1.807) is 0 Å². The lowest BCUT2D eigenvalue weighted by Gasteiger charge is -2.58. The van der Waals surface area contributed by atoms with Crippen LogP contribution < -0.4 is 0 Å². The number of nitriles is 2. The predicted molar refractivity (Wildman–Crippen MR) is 258 cm³/mol. The van der Waals surface area contributed by atoms with Gasteiger partial charge in [-0.2, -0.15) is 10.5 Å². The van der Waals surface area contributed by atoms with Crippen molar-refractivity contribution in [1.29, 1.82) is 10.5 Å². The first-order chi connectivity index (χ1) is 32.0. The van der Waals surface area contributed by atoms with Crippen LogP contribution in [0.2, 0.25) is 0 Å². The first-order valence-electron chi connectivity index (χ1n) is 23.1. The van der Waals surface area contributed by atoms with Gasteiger partial charge in [-0.1, -0.05) is 147 Å². The molecule has 2 bridgehead atoms. The minimum absolute atomic E-state index is 0.0165. The highest BCUT2D eigenvalue weighted by Gasteiger charge is 2.70. The highest BCUT2D eigenvalue weighted by atomic mass is 14.9. The van der Waals surface area contributed by atoms with Crippen LogP contribution in [0.25, 0.3) is 60.0 Å². The normalized spacial score (nSPS) is 22.2. The average molecular weight is 822 g/mol. The number of rotatable bonds is 0. The van der Waals surface area contributed by atoms with Crippen molar-refractivity contribution in [3.8, 4) is 23.3 Å². The van der Waals surface area contributed by atoms with Gasteiger partial charge in [0.05, 0.1) is 39.8 Å². The van der Waals surface area contributed by atoms with Gasteiger partial charge in [-0.05, 0) is 118 Å². The Morgan fingerprint density at radius 1 is 0.477 bits per heavy atom. The zero-order valence-corrected chi connectivity index (χ0v) is 35.6. The molecule has 0 N–H and O–H groups in total. The van der Waals surface area contributed by atoms with Crippen molar-refractivity contribution in [3.63, 3.8) is 0 Å². The van der Waals surface area contributed by atoms with Crippen molar-refractivity contribution in [2.75, 3.05) is 0 Å². The van der Waals surface area contributed by atoms with Crippen molar-refractivity contribution in [3.05, 3.63) is 241 Å². The van der Waals surface area contributed by atoms with Gasteiger partial charge < -0.3 is 4.40 Å². The summed E-state index contributed by atoms with van der Waals surface area (Å²) in [5, 5.41) is 30.4. The maximum Gasteiger partial charge on any atom is 0.0995 e. The fourth-order valence-corrected chi connectivity index (χ4v) is 15.8. The second-order valence-corrected chi connectivity index (χ2v) is 20.3. The Morgan fingerprint density at radius 2 is 1.02 bits per heavy atom. The maximum atomic E-state index is 11.4. The summed E-state index contributed by atoms with van der Waals surface area (Å²) in [5.74, 6) is 0.181. The highest BCUT2D eigenvalue weighted by Crippen LogP contribution is 2.79. The van der Waals surface area contributed by atoms with Gasteiger partial charge in [0, 0.05) is 56.0 Å². The van der Waals surface area contributed by atoms with Crippen LogP contribution >= 0.6 is 0 Å². The van der Waals surface area contributed by atoms with E-state index in [9.17, 15) is 10.5 Å². The summed E-state index contributed by atoms with van der Waals surface area (Å²) in [6.07, 6.45) is 0. The number of nitrogens with zero attached hydrogens (tertiary/aromatic N) is 3. The molecule has 0 amide bonds. The van der Waals surface area contributed by atoms with Gasteiger partial charge >= 0.3 is 0 Å². The summed E-state index contributed by atoms with van der Waals surface area (Å²) < 4.78 is 2.51. The fraction of sp³-hybridized carbons (Fsp3) is 0.129. The molecule has 7 aliphatic carbocycles. The second-order valence-electron chi connectivity index (χ2n) is 20.3. The number of benzene rings is 9. The molecule has 0 fully saturated rings. The molecule has 11 aromatic rings. The number of aromatic nitrogens is 1. The molecule has 0 saturated carbocycles. The molecule has 3 unspecified atom stereocenters. The Labute approximate surface area is 374 Å². The quantitative estimate of drug-likeness (QED) is 0.153. The molecule has 3 nitrogen and oxygen atoms in total. The Kier molecular flexibility index (Phi) is 5.43. The monoisotopic (exact) mass is 821 g/mol. The summed E-state index contributed by atoms with van der Waals surface area (Å²) in [5.41, 5.74) is 25.6. The molecule has 0 radical (unpaired) electrons. The van der Waals surface area contributed by atoms with Crippen molar-refractivity contribution in [2.45, 2.75) is 48.3 Å². The first kappa shape index (κ1) is 33.6. The van der Waals surface area contributed by atoms with Crippen LogP contribution in [0.15, 0.2) is 152 Å². The molecular formula is C62H35N3. The lowest BCUT2D eigenvalue weighted by Crippen LogP contribution is -2.52. The predicted octanol–water partition coefficient (Wildman–Crippen LogP) is 13.9. The molecule has 2 heterocycles. The molecule has 0 aliphatic heterocycles. The van der Waals surface area contributed by atoms with Gasteiger partial charge in [0.1, 0.15) is 0 Å². The molecule has 3 atom stereocenters. The Balaban J connectivity index is 1.12. The lowest BCUT2D eigenvalue weighted by atomic mass is 9.43. The zero-order valence-electron chi connectivity index (χ0n) is 35.6. The van der Waals surface area contributed by atoms with Crippen LogP contribution in [0.3, 0.4) is 0 Å². The van der Waals surface area contributed by atoms with Gasteiger partial charge in [-0.3, -0.25) is 0 Å². The summed E-state index contributed by atoms with van der Waals surface area (Å²) >= 11 is 0. The van der Waals surface area contributed by atoms with Crippen LogP contribution in [0.5, 0.6) is 0 Å². The van der Waals surface area contributed by atoms with Gasteiger partial charge in [0.25, 0.3) is 0 Å². The summed E-state index contributed by atoms with van der Waals surface area (Å²) in [6.45, 7) is 4.87. The average Bonchev–Trinajstić information content (AvgIpc) is 4.00. The van der Waals surface area contributed by atoms with Crippen LogP contribution in [0, 0.1) is 22.7 Å². The summed E-state index contributed by atoms with van der Waals surface area (Å²) in [6, 6.07) is 62.3. The molecule has 65 heavy (non-hydrogen) atoms. The van der Waals surface area contributed by atoms with Gasteiger partial charge in [0.15, 0.2) is 0 Å². The van der Waals surface area contributed by atoms with Crippen LogP contribution in [0.4, 0.5) is 0 Å². The SMILES string of the molecule is CC1(C)c2cc3c4c5c(c(C#N)cc4n4c6cc(C#N)c7c(c6c(c2-c2ccc6ccccc6c21)c34)C1c2ccccc2C12c1ccccc1C72)C1c2ccccc2C5c2ccccc21. The Bertz CT molecular complexity index is 4230. The first-order valence-corrected chi connectivity index (χ1v) is 23.1. The number of hydrogen-bond donors (Lipinski definition) is 0. The van der Waals surface area contributed by atoms with Gasteiger partial charge in [-0.25, -0.2) is 0 Å². The molecular weight excluding hydrogens is 787 g/mol. The molecule has 9 aromatic carbocycles. The number of fused-ring (bicyclic) bond motifs is 20. The highest BCUT2D eigenvalue weighted by molar-refractivity contribution is 6.31. The molecule has 2 aromatic heterocycles. The van der Waals surface area contributed by atoms with E-state index in [-0.39, 0.29) is 34.5 Å². The molecule has 7 aliphatic rings. The summed E-state index contributed by atoms with van der Waals surface area (Å²) in [7, 11) is 0. The smallest absolute Gasteiger partial charge is 0.0995 e. The van der Waals surface area contributed by atoms with E-state index >= 15 is 0 Å². The third kappa shape index (κ3) is 3.26. The van der Waals surface area contributed by atoms with Gasteiger partial charge in [-0.15, -0.1) is 0 Å². The van der Waals surface area contributed by atoms with Crippen molar-refractivity contribution >= 4 is 48.9 Å². The van der Waals surface area contributed by atoms with E-state index in [1.165, 1.54) is 121 Å². The van der Waals surface area contributed by atoms with Crippen molar-refractivity contribution < 1.29 is 0 Å². The van der Waals surface area contributed by atoms with Crippen molar-refractivity contribution in [2.24, 2.45) is 0 Å². The van der Waals surface area contributed by atoms with Gasteiger partial charge in [0.2, 0.25) is 0 Å². The molecule has 1 spiro atoms. The van der Waals surface area contributed by atoms with Crippen LogP contribution in [0.1, 0.15) is 127 Å². The Morgan fingerprint density at radius 3 is 1.66 bits per heavy atom. The Hall–Kier alpha value is -7.98. The molecule has 3 heteroatoms. The van der Waals surface area contributed by atoms with E-state index in [2.05, 4.69) is 182 Å². The standard InChI is InChI=1S/C62H35N3/c1-61(2)44-27-41-52-45(25-31(28-63)47-49-34-15-5-7-17-36(34)50(54(47)52)37-18-8-6-16-35(37)49)65-46-26-32(29-64)48-55(59-39-20-10-12-22-43(39)62(59)42-21-11-9-19-38(42)58(48)62)53(46)56(60(41)65)51(44)40-24-23-30-13-3-4-14-33(30)57(40)61/h3-27,49-50,58-59H,1-2H3. The third-order valence-electron chi connectivity index (χ3n) is 17.8. The second kappa shape index (κ2) is 10.5. The summed E-state index contributed by atoms with van der Waals surface area (Å²) in [4.78, 5) is 0. The molecule has 0 saturated heterocycles. The third-order valence-corrected chi connectivity index (χ3v) is 17.8. The fourth-order valence-electron chi connectivity index (χ4n) is 15.8. The molecule has 18 rings (SSSR count).